The van der Waals surface area contributed by atoms with E-state index in [9.17, 15) is 0 Å². The number of aromatic nitrogens is 2. The third kappa shape index (κ3) is 2.83. The van der Waals surface area contributed by atoms with E-state index in [0.29, 0.717) is 0 Å². The van der Waals surface area contributed by atoms with Crippen LogP contribution in [0.25, 0.3) is 52.3 Å². The minimum Gasteiger partial charge on any atom is -0.236 e. The van der Waals surface area contributed by atoms with Gasteiger partial charge in [-0.1, -0.05) is 71.8 Å². The second-order valence-corrected chi connectivity index (χ2v) is 9.69. The molecular weight excluding hydrogens is 404 g/mol. The third-order valence-electron chi connectivity index (χ3n) is 5.50. The Labute approximate surface area is 182 Å². The van der Waals surface area contributed by atoms with Gasteiger partial charge in [0.05, 0.1) is 20.4 Å². The molecule has 4 heteroatoms. The van der Waals surface area contributed by atoms with E-state index in [1.807, 2.05) is 0 Å². The van der Waals surface area contributed by atoms with E-state index in [4.69, 9.17) is 9.97 Å². The van der Waals surface area contributed by atoms with Crippen LogP contribution in [0.4, 0.5) is 0 Å². The second kappa shape index (κ2) is 6.73. The van der Waals surface area contributed by atoms with Crippen molar-refractivity contribution >= 4 is 53.9 Å². The van der Waals surface area contributed by atoms with Crippen LogP contribution in [0.1, 0.15) is 11.1 Å². The van der Waals surface area contributed by atoms with Gasteiger partial charge < -0.3 is 0 Å². The van der Waals surface area contributed by atoms with Crippen molar-refractivity contribution in [3.05, 3.63) is 83.9 Å². The Bertz CT molecular complexity index is 1420. The Morgan fingerprint density at radius 2 is 0.900 bits per heavy atom. The fourth-order valence-electron chi connectivity index (χ4n) is 3.82. The molecule has 0 amide bonds. The molecule has 0 saturated carbocycles. The minimum atomic E-state index is 1.06. The zero-order valence-electron chi connectivity index (χ0n) is 16.6. The average Bonchev–Trinajstić information content (AvgIpc) is 3.39. The Balaban J connectivity index is 1.54. The smallest absolute Gasteiger partial charge is 0.124 e. The third-order valence-corrected chi connectivity index (χ3v) is 7.81. The summed E-state index contributed by atoms with van der Waals surface area (Å²) in [6.07, 6.45) is 0. The molecule has 6 rings (SSSR count). The van der Waals surface area contributed by atoms with E-state index in [-0.39, 0.29) is 0 Å². The topological polar surface area (TPSA) is 25.8 Å². The van der Waals surface area contributed by atoms with E-state index >= 15 is 0 Å². The highest BCUT2D eigenvalue weighted by molar-refractivity contribution is 7.23. The highest BCUT2D eigenvalue weighted by Crippen LogP contribution is 2.40. The molecule has 6 aromatic rings. The summed E-state index contributed by atoms with van der Waals surface area (Å²) in [4.78, 5) is 9.82. The lowest BCUT2D eigenvalue weighted by molar-refractivity contribution is 1.44. The first kappa shape index (κ1) is 17.8. The number of hydrogen-bond donors (Lipinski definition) is 0. The van der Waals surface area contributed by atoms with E-state index in [0.717, 1.165) is 21.0 Å². The maximum absolute atomic E-state index is 4.91. The normalized spacial score (nSPS) is 11.7. The lowest BCUT2D eigenvalue weighted by Crippen LogP contribution is -1.77. The van der Waals surface area contributed by atoms with Crippen molar-refractivity contribution in [2.75, 3.05) is 0 Å². The molecule has 30 heavy (non-hydrogen) atoms. The molecular formula is C26H18N2S2. The van der Waals surface area contributed by atoms with Gasteiger partial charge in [0.2, 0.25) is 0 Å². The molecule has 0 saturated heterocycles. The van der Waals surface area contributed by atoms with Gasteiger partial charge in [0, 0.05) is 21.9 Å². The first-order valence-corrected chi connectivity index (χ1v) is 11.6. The number of fused-ring (bicyclic) bond motifs is 5. The van der Waals surface area contributed by atoms with Gasteiger partial charge in [-0.25, -0.2) is 9.97 Å². The summed E-state index contributed by atoms with van der Waals surface area (Å²) in [7, 11) is 0. The summed E-state index contributed by atoms with van der Waals surface area (Å²) in [5.74, 6) is 0. The predicted octanol–water partition coefficient (Wildman–Crippen LogP) is 8.01. The molecule has 0 unspecified atom stereocenters. The second-order valence-electron chi connectivity index (χ2n) is 7.69. The van der Waals surface area contributed by atoms with Crippen LogP contribution in [0.2, 0.25) is 0 Å². The van der Waals surface area contributed by atoms with Crippen LogP contribution in [0, 0.1) is 13.8 Å². The summed E-state index contributed by atoms with van der Waals surface area (Å²) < 4.78 is 2.49. The molecule has 0 atom stereocenters. The number of benzene rings is 4. The van der Waals surface area contributed by atoms with E-state index in [1.165, 1.54) is 42.4 Å². The molecule has 0 spiro atoms. The number of rotatable bonds is 2. The van der Waals surface area contributed by atoms with Crippen LogP contribution in [0.5, 0.6) is 0 Å². The predicted molar refractivity (Wildman–Crippen MR) is 131 cm³/mol. The molecule has 0 N–H and O–H groups in total. The van der Waals surface area contributed by atoms with Crippen LogP contribution < -0.4 is 0 Å². The van der Waals surface area contributed by atoms with Gasteiger partial charge in [-0.05, 0) is 26.0 Å². The van der Waals surface area contributed by atoms with Crippen LogP contribution >= 0.6 is 22.7 Å². The molecule has 2 aromatic heterocycles. The summed E-state index contributed by atoms with van der Waals surface area (Å²) in [5, 5.41) is 4.66. The van der Waals surface area contributed by atoms with Crippen molar-refractivity contribution in [2.24, 2.45) is 0 Å². The lowest BCUT2D eigenvalue weighted by Gasteiger charge is -1.99. The van der Waals surface area contributed by atoms with Crippen molar-refractivity contribution < 1.29 is 0 Å². The summed E-state index contributed by atoms with van der Waals surface area (Å²) in [6.45, 7) is 4.22. The zero-order chi connectivity index (χ0) is 20.2. The highest BCUT2D eigenvalue weighted by Gasteiger charge is 2.14. The molecule has 0 aliphatic rings. The Morgan fingerprint density at radius 1 is 0.500 bits per heavy atom. The van der Waals surface area contributed by atoms with Gasteiger partial charge in [0.25, 0.3) is 0 Å². The van der Waals surface area contributed by atoms with Crippen molar-refractivity contribution in [1.29, 1.82) is 0 Å². The van der Waals surface area contributed by atoms with Crippen LogP contribution in [-0.4, -0.2) is 9.97 Å². The van der Waals surface area contributed by atoms with Gasteiger partial charge >= 0.3 is 0 Å². The molecule has 2 nitrogen and oxygen atoms in total. The molecule has 0 aliphatic carbocycles. The average molecular weight is 423 g/mol. The SMILES string of the molecule is Cc1ccc(-c2nc3ccc4c(ccc5nc(-c6ccc(C)cc6)sc54)c3s2)cc1. The standard InChI is InChI=1S/C26H18N2S2/c1-15-3-7-17(8-4-15)25-27-21-13-11-20-19(23(21)29-25)12-14-22-24(20)30-26(28-22)18-9-5-16(2)6-10-18/h3-14H,1-2H3. The van der Waals surface area contributed by atoms with Gasteiger partial charge in [-0.15, -0.1) is 22.7 Å². The van der Waals surface area contributed by atoms with Crippen LogP contribution in [0.3, 0.4) is 0 Å². The van der Waals surface area contributed by atoms with Gasteiger partial charge in [0.1, 0.15) is 10.0 Å². The summed E-state index contributed by atoms with van der Waals surface area (Å²) in [6, 6.07) is 25.9. The summed E-state index contributed by atoms with van der Waals surface area (Å²) >= 11 is 3.54. The van der Waals surface area contributed by atoms with E-state index in [1.54, 1.807) is 22.7 Å². The van der Waals surface area contributed by atoms with E-state index < -0.39 is 0 Å². The molecule has 0 bridgehead atoms. The Morgan fingerprint density at radius 3 is 1.30 bits per heavy atom. The number of aryl methyl sites for hydroxylation is 2. The largest absolute Gasteiger partial charge is 0.236 e. The monoisotopic (exact) mass is 422 g/mol. The molecule has 0 fully saturated rings. The minimum absolute atomic E-state index is 1.06. The Hall–Kier alpha value is -3.08. The number of hydrogen-bond acceptors (Lipinski definition) is 4. The zero-order valence-corrected chi connectivity index (χ0v) is 18.3. The van der Waals surface area contributed by atoms with Crippen LogP contribution in [-0.2, 0) is 0 Å². The van der Waals surface area contributed by atoms with Gasteiger partial charge in [0.15, 0.2) is 0 Å². The van der Waals surface area contributed by atoms with Crippen molar-refractivity contribution in [3.8, 4) is 21.1 Å². The Kier molecular flexibility index (Phi) is 3.98. The number of nitrogens with zero attached hydrogens (tertiary/aromatic N) is 2. The maximum atomic E-state index is 4.91. The van der Waals surface area contributed by atoms with Gasteiger partial charge in [-0.3, -0.25) is 0 Å². The van der Waals surface area contributed by atoms with Crippen LogP contribution in [0.15, 0.2) is 72.8 Å². The van der Waals surface area contributed by atoms with Crippen molar-refractivity contribution in [1.82, 2.24) is 9.97 Å². The molecule has 144 valence electrons. The molecule has 0 aliphatic heterocycles. The van der Waals surface area contributed by atoms with Gasteiger partial charge in [-0.2, -0.15) is 0 Å². The van der Waals surface area contributed by atoms with E-state index in [2.05, 4.69) is 86.6 Å². The lowest BCUT2D eigenvalue weighted by atomic mass is 10.1. The molecule has 4 aromatic carbocycles. The van der Waals surface area contributed by atoms with Crippen molar-refractivity contribution in [2.45, 2.75) is 13.8 Å². The molecule has 2 heterocycles. The highest BCUT2D eigenvalue weighted by atomic mass is 32.1. The molecule has 0 radical (unpaired) electrons. The summed E-state index contributed by atoms with van der Waals surface area (Å²) in [5.41, 5.74) is 7.01. The first-order chi connectivity index (χ1) is 14.7. The fraction of sp³-hybridized carbons (Fsp3) is 0.0769. The quantitative estimate of drug-likeness (QED) is 0.282. The van der Waals surface area contributed by atoms with Crippen molar-refractivity contribution in [3.63, 3.8) is 0 Å². The first-order valence-electron chi connectivity index (χ1n) is 9.93. The maximum Gasteiger partial charge on any atom is 0.124 e. The number of thiazole rings is 2. The fourth-order valence-corrected chi connectivity index (χ4v) is 6.01.